The van der Waals surface area contributed by atoms with Gasteiger partial charge < -0.3 is 14.9 Å². The van der Waals surface area contributed by atoms with Gasteiger partial charge in [0.05, 0.1) is 12.3 Å². The summed E-state index contributed by atoms with van der Waals surface area (Å²) in [6, 6.07) is 19.9. The van der Waals surface area contributed by atoms with Gasteiger partial charge in [-0.3, -0.25) is 4.79 Å². The predicted molar refractivity (Wildman–Crippen MR) is 107 cm³/mol. The summed E-state index contributed by atoms with van der Waals surface area (Å²) in [6.07, 6.45) is 1.22. The first-order valence-corrected chi connectivity index (χ1v) is 9.00. The van der Waals surface area contributed by atoms with Crippen molar-refractivity contribution in [3.8, 4) is 5.75 Å². The van der Waals surface area contributed by atoms with Gasteiger partial charge in [0.2, 0.25) is 0 Å². The van der Waals surface area contributed by atoms with E-state index < -0.39 is 6.61 Å². The maximum absolute atomic E-state index is 12.4. The number of hydrogen-bond acceptors (Lipinski definition) is 4. The molecule has 0 bridgehead atoms. The SMILES string of the molecule is CC(NC(=O)CO/N=C/c1ccccc1OC(F)F)c1ccc2ccccc2c1. The van der Waals surface area contributed by atoms with E-state index in [2.05, 4.69) is 15.2 Å². The number of rotatable bonds is 8. The Labute approximate surface area is 166 Å². The van der Waals surface area contributed by atoms with Crippen molar-refractivity contribution >= 4 is 22.9 Å². The van der Waals surface area contributed by atoms with Crippen LogP contribution in [0.15, 0.2) is 71.9 Å². The summed E-state index contributed by atoms with van der Waals surface area (Å²) in [7, 11) is 0. The molecule has 7 heteroatoms. The number of amides is 1. The highest BCUT2D eigenvalue weighted by molar-refractivity contribution is 5.84. The van der Waals surface area contributed by atoms with Crippen molar-refractivity contribution in [3.05, 3.63) is 77.9 Å². The highest BCUT2D eigenvalue weighted by Gasteiger charge is 2.11. The lowest BCUT2D eigenvalue weighted by molar-refractivity contribution is -0.126. The topological polar surface area (TPSA) is 59.9 Å². The van der Waals surface area contributed by atoms with E-state index >= 15 is 0 Å². The number of hydrogen-bond donors (Lipinski definition) is 1. The van der Waals surface area contributed by atoms with Crippen LogP contribution in [0, 0.1) is 0 Å². The second-order valence-corrected chi connectivity index (χ2v) is 6.32. The molecule has 0 aromatic heterocycles. The highest BCUT2D eigenvalue weighted by Crippen LogP contribution is 2.20. The van der Waals surface area contributed by atoms with Gasteiger partial charge in [-0.05, 0) is 41.5 Å². The number of nitrogens with zero attached hydrogens (tertiary/aromatic N) is 1. The molecule has 3 aromatic rings. The van der Waals surface area contributed by atoms with Gasteiger partial charge in [-0.1, -0.05) is 53.7 Å². The van der Waals surface area contributed by atoms with E-state index in [1.807, 2.05) is 49.4 Å². The lowest BCUT2D eigenvalue weighted by Crippen LogP contribution is -2.29. The van der Waals surface area contributed by atoms with Crippen molar-refractivity contribution in [2.45, 2.75) is 19.6 Å². The van der Waals surface area contributed by atoms with Crippen LogP contribution in [0.25, 0.3) is 10.8 Å². The molecule has 1 unspecified atom stereocenters. The van der Waals surface area contributed by atoms with Gasteiger partial charge in [0.25, 0.3) is 5.91 Å². The highest BCUT2D eigenvalue weighted by atomic mass is 19.3. The van der Waals surface area contributed by atoms with Gasteiger partial charge in [-0.25, -0.2) is 0 Å². The summed E-state index contributed by atoms with van der Waals surface area (Å²) >= 11 is 0. The molecule has 0 saturated heterocycles. The van der Waals surface area contributed by atoms with Crippen LogP contribution >= 0.6 is 0 Å². The molecule has 3 aromatic carbocycles. The Kier molecular flexibility index (Phi) is 6.73. The number of carbonyl (C=O) groups excluding carboxylic acids is 1. The molecule has 0 fully saturated rings. The predicted octanol–water partition coefficient (Wildman–Crippen LogP) is 4.67. The average molecular weight is 398 g/mol. The van der Waals surface area contributed by atoms with Crippen molar-refractivity contribution in [2.75, 3.05) is 6.61 Å². The van der Waals surface area contributed by atoms with Crippen molar-refractivity contribution in [1.29, 1.82) is 0 Å². The Morgan fingerprint density at radius 2 is 1.79 bits per heavy atom. The van der Waals surface area contributed by atoms with Crippen LogP contribution in [0.1, 0.15) is 24.1 Å². The van der Waals surface area contributed by atoms with Gasteiger partial charge in [-0.15, -0.1) is 0 Å². The number of alkyl halides is 2. The zero-order chi connectivity index (χ0) is 20.6. The minimum Gasteiger partial charge on any atom is -0.434 e. The normalized spacial score (nSPS) is 12.3. The zero-order valence-corrected chi connectivity index (χ0v) is 15.7. The molecule has 1 N–H and O–H groups in total. The quantitative estimate of drug-likeness (QED) is 0.443. The van der Waals surface area contributed by atoms with Gasteiger partial charge in [0, 0.05) is 5.56 Å². The van der Waals surface area contributed by atoms with Crippen LogP contribution in [0.4, 0.5) is 8.78 Å². The fourth-order valence-electron chi connectivity index (χ4n) is 2.82. The standard InChI is InChI=1S/C22H20F2N2O3/c1-15(17-11-10-16-6-2-3-7-18(16)12-17)26-21(27)14-28-25-13-19-8-4-5-9-20(19)29-22(23)24/h2-13,15,22H,14H2,1H3,(H,26,27)/b25-13+. The molecule has 1 amide bonds. The van der Waals surface area contributed by atoms with Gasteiger partial charge in [0.15, 0.2) is 6.61 Å². The third kappa shape index (κ3) is 5.75. The first kappa shape index (κ1) is 20.3. The number of halogens is 2. The summed E-state index contributed by atoms with van der Waals surface area (Å²) in [5, 5.41) is 8.72. The Bertz CT molecular complexity index is 1010. The van der Waals surface area contributed by atoms with E-state index in [0.29, 0.717) is 5.56 Å². The Hall–Kier alpha value is -3.48. The van der Waals surface area contributed by atoms with Crippen molar-refractivity contribution in [2.24, 2.45) is 5.16 Å². The third-order valence-electron chi connectivity index (χ3n) is 4.25. The molecule has 5 nitrogen and oxygen atoms in total. The Balaban J connectivity index is 1.52. The average Bonchev–Trinajstić information content (AvgIpc) is 2.71. The van der Waals surface area contributed by atoms with Crippen LogP contribution in [0.3, 0.4) is 0 Å². The lowest BCUT2D eigenvalue weighted by Gasteiger charge is -2.14. The molecule has 0 aliphatic rings. The van der Waals surface area contributed by atoms with Crippen molar-refractivity contribution in [3.63, 3.8) is 0 Å². The molecular weight excluding hydrogens is 378 g/mol. The first-order valence-electron chi connectivity index (χ1n) is 9.00. The monoisotopic (exact) mass is 398 g/mol. The molecule has 0 spiro atoms. The summed E-state index contributed by atoms with van der Waals surface area (Å²) < 4.78 is 29.2. The van der Waals surface area contributed by atoms with Gasteiger partial charge in [0.1, 0.15) is 5.75 Å². The molecule has 150 valence electrons. The molecular formula is C22H20F2N2O3. The van der Waals surface area contributed by atoms with Crippen LogP contribution in [-0.2, 0) is 9.63 Å². The Morgan fingerprint density at radius 1 is 1.07 bits per heavy atom. The number of nitrogens with one attached hydrogen (secondary N) is 1. The molecule has 3 rings (SSSR count). The smallest absolute Gasteiger partial charge is 0.387 e. The number of benzene rings is 3. The molecule has 29 heavy (non-hydrogen) atoms. The van der Waals surface area contributed by atoms with E-state index in [0.717, 1.165) is 16.3 Å². The van der Waals surface area contributed by atoms with Crippen LogP contribution < -0.4 is 10.1 Å². The summed E-state index contributed by atoms with van der Waals surface area (Å²) in [5.41, 5.74) is 1.29. The number of carbonyl (C=O) groups is 1. The second kappa shape index (κ2) is 9.64. The number of para-hydroxylation sites is 1. The molecule has 0 saturated carbocycles. The van der Waals surface area contributed by atoms with E-state index in [-0.39, 0.29) is 24.3 Å². The minimum atomic E-state index is -2.94. The number of oxime groups is 1. The van der Waals surface area contributed by atoms with Gasteiger partial charge >= 0.3 is 6.61 Å². The van der Waals surface area contributed by atoms with Crippen LogP contribution in [0.5, 0.6) is 5.75 Å². The molecule has 0 aliphatic heterocycles. The van der Waals surface area contributed by atoms with Gasteiger partial charge in [-0.2, -0.15) is 8.78 Å². The molecule has 0 heterocycles. The molecule has 1 atom stereocenters. The van der Waals surface area contributed by atoms with Crippen molar-refractivity contribution in [1.82, 2.24) is 5.32 Å². The minimum absolute atomic E-state index is 0.0239. The van der Waals surface area contributed by atoms with E-state index in [1.165, 1.54) is 12.3 Å². The number of fused-ring (bicyclic) bond motifs is 1. The Morgan fingerprint density at radius 3 is 2.59 bits per heavy atom. The fraction of sp³-hybridized carbons (Fsp3) is 0.182. The fourth-order valence-corrected chi connectivity index (χ4v) is 2.82. The third-order valence-corrected chi connectivity index (χ3v) is 4.25. The summed E-state index contributed by atoms with van der Waals surface area (Å²) in [5.74, 6) is -0.371. The second-order valence-electron chi connectivity index (χ2n) is 6.32. The van der Waals surface area contributed by atoms with E-state index in [4.69, 9.17) is 4.84 Å². The zero-order valence-electron chi connectivity index (χ0n) is 15.7. The lowest BCUT2D eigenvalue weighted by atomic mass is 10.0. The van der Waals surface area contributed by atoms with Crippen LogP contribution in [0.2, 0.25) is 0 Å². The van der Waals surface area contributed by atoms with E-state index in [1.54, 1.807) is 18.2 Å². The maximum Gasteiger partial charge on any atom is 0.387 e. The maximum atomic E-state index is 12.4. The van der Waals surface area contributed by atoms with Crippen molar-refractivity contribution < 1.29 is 23.1 Å². The molecule has 0 aliphatic carbocycles. The molecule has 0 radical (unpaired) electrons. The van der Waals surface area contributed by atoms with Crippen LogP contribution in [-0.4, -0.2) is 25.3 Å². The summed E-state index contributed by atoms with van der Waals surface area (Å²) in [6.45, 7) is -1.36. The first-order chi connectivity index (χ1) is 14.0. The summed E-state index contributed by atoms with van der Waals surface area (Å²) in [4.78, 5) is 17.1. The number of ether oxygens (including phenoxy) is 1. The largest absolute Gasteiger partial charge is 0.434 e. The van der Waals surface area contributed by atoms with E-state index in [9.17, 15) is 13.6 Å².